The van der Waals surface area contributed by atoms with Crippen molar-refractivity contribution in [1.29, 1.82) is 0 Å². The van der Waals surface area contributed by atoms with Crippen LogP contribution in [0.5, 0.6) is 0 Å². The maximum Gasteiger partial charge on any atom is 0.0168 e. The fourth-order valence-corrected chi connectivity index (χ4v) is 2.53. The largest absolute Gasteiger partial charge is 0.327 e. The molecule has 0 aromatic rings. The summed E-state index contributed by atoms with van der Waals surface area (Å²) in [6.07, 6.45) is 5.38. The highest BCUT2D eigenvalue weighted by Crippen LogP contribution is 2.32. The minimum atomic E-state index is 0.451. The van der Waals surface area contributed by atoms with Gasteiger partial charge in [-0.1, -0.05) is 6.92 Å². The van der Waals surface area contributed by atoms with Crippen LogP contribution in [0.15, 0.2) is 0 Å². The lowest BCUT2D eigenvalue weighted by Crippen LogP contribution is -2.53. The molecule has 2 N–H and O–H groups in total. The molecule has 70 valence electrons. The van der Waals surface area contributed by atoms with Crippen molar-refractivity contribution in [2.75, 3.05) is 13.1 Å². The number of hydrogen-bond donors (Lipinski definition) is 1. The molecule has 1 aliphatic heterocycles. The highest BCUT2D eigenvalue weighted by Gasteiger charge is 2.33. The van der Waals surface area contributed by atoms with Crippen molar-refractivity contribution < 1.29 is 0 Å². The average Bonchev–Trinajstić information content (AvgIpc) is 2.02. The zero-order valence-corrected chi connectivity index (χ0v) is 8.00. The van der Waals surface area contributed by atoms with Gasteiger partial charge in [-0.15, -0.1) is 0 Å². The third-order valence-electron chi connectivity index (χ3n) is 3.53. The van der Waals surface area contributed by atoms with Gasteiger partial charge < -0.3 is 5.73 Å². The monoisotopic (exact) mass is 168 g/mol. The lowest BCUT2D eigenvalue weighted by atomic mass is 9.79. The third kappa shape index (κ3) is 1.50. The molecule has 1 saturated heterocycles. The van der Waals surface area contributed by atoms with E-state index in [1.807, 2.05) is 0 Å². The molecule has 2 aliphatic rings. The molecule has 3 atom stereocenters. The molecule has 12 heavy (non-hydrogen) atoms. The van der Waals surface area contributed by atoms with E-state index in [4.69, 9.17) is 5.73 Å². The van der Waals surface area contributed by atoms with Crippen LogP contribution in [0.4, 0.5) is 0 Å². The van der Waals surface area contributed by atoms with Crippen molar-refractivity contribution in [3.05, 3.63) is 0 Å². The molecule has 0 bridgehead atoms. The lowest BCUT2D eigenvalue weighted by Gasteiger charge is -2.45. The topological polar surface area (TPSA) is 29.3 Å². The van der Waals surface area contributed by atoms with Crippen molar-refractivity contribution in [2.45, 2.75) is 44.7 Å². The quantitative estimate of drug-likeness (QED) is 0.637. The predicted molar refractivity (Wildman–Crippen MR) is 51.0 cm³/mol. The zero-order chi connectivity index (χ0) is 8.55. The molecule has 2 rings (SSSR count). The summed E-state index contributed by atoms with van der Waals surface area (Å²) in [5, 5.41) is 0. The molecule has 2 nitrogen and oxygen atoms in total. The smallest absolute Gasteiger partial charge is 0.0168 e. The van der Waals surface area contributed by atoms with Gasteiger partial charge in [0.15, 0.2) is 0 Å². The Balaban J connectivity index is 1.86. The van der Waals surface area contributed by atoms with Crippen LogP contribution in [0, 0.1) is 5.92 Å². The maximum absolute atomic E-state index is 5.95. The van der Waals surface area contributed by atoms with E-state index in [1.165, 1.54) is 32.2 Å². The minimum absolute atomic E-state index is 0.451. The fourth-order valence-electron chi connectivity index (χ4n) is 2.53. The van der Waals surface area contributed by atoms with E-state index in [9.17, 15) is 0 Å². The predicted octanol–water partition coefficient (Wildman–Crippen LogP) is 1.21. The van der Waals surface area contributed by atoms with Gasteiger partial charge in [0, 0.05) is 18.6 Å². The fraction of sp³-hybridized carbons (Fsp3) is 1.00. The molecule has 0 radical (unpaired) electrons. The molecule has 1 heterocycles. The van der Waals surface area contributed by atoms with E-state index < -0.39 is 0 Å². The molecule has 2 heteroatoms. The second-order valence-corrected chi connectivity index (χ2v) is 4.52. The van der Waals surface area contributed by atoms with Crippen LogP contribution in [0.25, 0.3) is 0 Å². The Morgan fingerprint density at radius 3 is 2.58 bits per heavy atom. The number of nitrogens with zero attached hydrogens (tertiary/aromatic N) is 1. The number of likely N-dealkylation sites (tertiary alicyclic amines) is 1. The molecule has 0 amide bonds. The summed E-state index contributed by atoms with van der Waals surface area (Å²) in [6, 6.07) is 1.32. The van der Waals surface area contributed by atoms with Crippen LogP contribution in [-0.2, 0) is 0 Å². The van der Waals surface area contributed by atoms with Crippen LogP contribution >= 0.6 is 0 Å². The van der Waals surface area contributed by atoms with E-state index in [0.717, 1.165) is 18.5 Å². The number of rotatable bonds is 1. The van der Waals surface area contributed by atoms with Crippen LogP contribution in [0.2, 0.25) is 0 Å². The number of piperidine rings is 1. The van der Waals surface area contributed by atoms with Crippen molar-refractivity contribution in [3.63, 3.8) is 0 Å². The first kappa shape index (κ1) is 8.52. The van der Waals surface area contributed by atoms with E-state index in [0.29, 0.717) is 6.04 Å². The molecule has 0 aromatic heterocycles. The summed E-state index contributed by atoms with van der Waals surface area (Å²) in [6.45, 7) is 4.81. The second kappa shape index (κ2) is 3.35. The first-order valence-corrected chi connectivity index (χ1v) is 5.27. The van der Waals surface area contributed by atoms with Gasteiger partial charge in [0.2, 0.25) is 0 Å². The van der Waals surface area contributed by atoms with Gasteiger partial charge in [-0.25, -0.2) is 0 Å². The summed E-state index contributed by atoms with van der Waals surface area (Å²) in [5.41, 5.74) is 5.95. The molecule has 0 aromatic carbocycles. The first-order valence-electron chi connectivity index (χ1n) is 5.27. The van der Waals surface area contributed by atoms with Gasteiger partial charge in [-0.3, -0.25) is 4.90 Å². The average molecular weight is 168 g/mol. The van der Waals surface area contributed by atoms with Crippen LogP contribution in [0.1, 0.15) is 32.6 Å². The highest BCUT2D eigenvalue weighted by atomic mass is 15.2. The Kier molecular flexibility index (Phi) is 2.37. The van der Waals surface area contributed by atoms with Crippen LogP contribution in [0.3, 0.4) is 0 Å². The maximum atomic E-state index is 5.95. The van der Waals surface area contributed by atoms with E-state index in [2.05, 4.69) is 11.8 Å². The Morgan fingerprint density at radius 1 is 1.25 bits per heavy atom. The normalized spacial score (nSPS) is 44.0. The Morgan fingerprint density at radius 2 is 2.08 bits per heavy atom. The standard InChI is InChI=1S/C10H20N2/c1-8-4-5-10(8)12-6-2-3-9(11)7-12/h8-10H,2-7,11H2,1H3. The van der Waals surface area contributed by atoms with Crippen LogP contribution < -0.4 is 5.73 Å². The van der Waals surface area contributed by atoms with Gasteiger partial charge in [0.25, 0.3) is 0 Å². The SMILES string of the molecule is CC1CCC1N1CCCC(N)C1. The van der Waals surface area contributed by atoms with Gasteiger partial charge in [-0.2, -0.15) is 0 Å². The molecular formula is C10H20N2. The van der Waals surface area contributed by atoms with Gasteiger partial charge in [0.1, 0.15) is 0 Å². The second-order valence-electron chi connectivity index (χ2n) is 4.52. The summed E-state index contributed by atoms with van der Waals surface area (Å²) < 4.78 is 0. The molecule has 0 spiro atoms. The van der Waals surface area contributed by atoms with Crippen molar-refractivity contribution >= 4 is 0 Å². The van der Waals surface area contributed by atoms with Crippen LogP contribution in [-0.4, -0.2) is 30.1 Å². The summed E-state index contributed by atoms with van der Waals surface area (Å²) in [4.78, 5) is 2.61. The van der Waals surface area contributed by atoms with Gasteiger partial charge >= 0.3 is 0 Å². The van der Waals surface area contributed by atoms with E-state index in [1.54, 1.807) is 0 Å². The van der Waals surface area contributed by atoms with E-state index >= 15 is 0 Å². The number of nitrogens with two attached hydrogens (primary N) is 1. The lowest BCUT2D eigenvalue weighted by molar-refractivity contribution is 0.0497. The van der Waals surface area contributed by atoms with Gasteiger partial charge in [-0.05, 0) is 38.1 Å². The summed E-state index contributed by atoms with van der Waals surface area (Å²) in [5.74, 6) is 0.926. The van der Waals surface area contributed by atoms with Crippen molar-refractivity contribution in [1.82, 2.24) is 4.90 Å². The molecule has 3 unspecified atom stereocenters. The molecule has 2 fully saturated rings. The third-order valence-corrected chi connectivity index (χ3v) is 3.53. The molecule has 1 aliphatic carbocycles. The zero-order valence-electron chi connectivity index (χ0n) is 8.00. The number of hydrogen-bond acceptors (Lipinski definition) is 2. The first-order chi connectivity index (χ1) is 5.77. The summed E-state index contributed by atoms with van der Waals surface area (Å²) in [7, 11) is 0. The highest BCUT2D eigenvalue weighted by molar-refractivity contribution is 4.89. The van der Waals surface area contributed by atoms with Gasteiger partial charge in [0.05, 0.1) is 0 Å². The molecular weight excluding hydrogens is 148 g/mol. The minimum Gasteiger partial charge on any atom is -0.327 e. The molecule has 1 saturated carbocycles. The Labute approximate surface area is 75.1 Å². The van der Waals surface area contributed by atoms with Crippen molar-refractivity contribution in [3.8, 4) is 0 Å². The van der Waals surface area contributed by atoms with Crippen molar-refractivity contribution in [2.24, 2.45) is 11.7 Å². The van der Waals surface area contributed by atoms with E-state index in [-0.39, 0.29) is 0 Å². The Hall–Kier alpha value is -0.0800. The summed E-state index contributed by atoms with van der Waals surface area (Å²) >= 11 is 0. The Bertz CT molecular complexity index is 158.